The summed E-state index contributed by atoms with van der Waals surface area (Å²) in [6.07, 6.45) is 4.47. The number of carboxylic acid groups (broad SMARTS) is 1. The Morgan fingerprint density at radius 1 is 1.24 bits per heavy atom. The lowest BCUT2D eigenvalue weighted by Gasteiger charge is -2.29. The minimum atomic E-state index is -1.41. The molecule has 0 aromatic heterocycles. The van der Waals surface area contributed by atoms with Crippen LogP contribution in [0.2, 0.25) is 6.32 Å². The fourth-order valence-corrected chi connectivity index (χ4v) is 3.11. The zero-order chi connectivity index (χ0) is 19.2. The van der Waals surface area contributed by atoms with Crippen LogP contribution in [0.15, 0.2) is 0 Å². The number of hydrogen-bond acceptors (Lipinski definition) is 7. The highest BCUT2D eigenvalue weighted by Crippen LogP contribution is 2.17. The lowest BCUT2D eigenvalue weighted by molar-refractivity contribution is -0.140. The number of rotatable bonds is 15. The van der Waals surface area contributed by atoms with Crippen molar-refractivity contribution < 1.29 is 24.7 Å². The Bertz CT molecular complexity index is 390. The molecule has 0 fully saturated rings. The van der Waals surface area contributed by atoms with Crippen LogP contribution in [0.1, 0.15) is 32.1 Å². The molecule has 0 aliphatic carbocycles. The maximum atomic E-state index is 12.5. The first-order valence-electron chi connectivity index (χ1n) is 8.63. The van der Waals surface area contributed by atoms with Crippen LogP contribution in [-0.4, -0.2) is 76.7 Å². The molecular formula is C15H32BN3O5S. The lowest BCUT2D eigenvalue weighted by atomic mass is 9.81. The van der Waals surface area contributed by atoms with Crippen molar-refractivity contribution in [3.8, 4) is 0 Å². The number of thioether (sulfide) groups is 1. The van der Waals surface area contributed by atoms with Gasteiger partial charge in [0.1, 0.15) is 0 Å². The SMILES string of the molecule is CSCCC[C@H](N)C(=O)N(CCN)CC(CCCB(O)O)CC(=O)O. The van der Waals surface area contributed by atoms with Crippen molar-refractivity contribution >= 4 is 30.8 Å². The summed E-state index contributed by atoms with van der Waals surface area (Å²) < 4.78 is 0. The summed E-state index contributed by atoms with van der Waals surface area (Å²) in [7, 11) is -1.41. The number of aliphatic carboxylic acids is 1. The molecule has 0 bridgehead atoms. The van der Waals surface area contributed by atoms with Crippen LogP contribution in [-0.2, 0) is 9.59 Å². The van der Waals surface area contributed by atoms with Gasteiger partial charge in [-0.15, -0.1) is 0 Å². The van der Waals surface area contributed by atoms with Gasteiger partial charge in [-0.05, 0) is 43.5 Å². The van der Waals surface area contributed by atoms with Gasteiger partial charge in [0.2, 0.25) is 5.91 Å². The average molecular weight is 377 g/mol. The monoisotopic (exact) mass is 377 g/mol. The van der Waals surface area contributed by atoms with Crippen LogP contribution in [0.25, 0.3) is 0 Å². The molecule has 10 heteroatoms. The van der Waals surface area contributed by atoms with Gasteiger partial charge in [-0.25, -0.2) is 0 Å². The Hall–Kier alpha value is -0.805. The fourth-order valence-electron chi connectivity index (χ4n) is 2.66. The van der Waals surface area contributed by atoms with Crippen LogP contribution in [0.5, 0.6) is 0 Å². The zero-order valence-electron chi connectivity index (χ0n) is 15.0. The van der Waals surface area contributed by atoms with Crippen LogP contribution >= 0.6 is 11.8 Å². The Balaban J connectivity index is 4.75. The summed E-state index contributed by atoms with van der Waals surface area (Å²) in [6, 6.07) is -0.608. The molecular weight excluding hydrogens is 345 g/mol. The molecule has 146 valence electrons. The molecule has 0 aromatic rings. The third kappa shape index (κ3) is 12.2. The zero-order valence-corrected chi connectivity index (χ0v) is 15.8. The number of carboxylic acids is 1. The van der Waals surface area contributed by atoms with Crippen LogP contribution < -0.4 is 11.5 Å². The van der Waals surface area contributed by atoms with Crippen LogP contribution in [0.4, 0.5) is 0 Å². The molecule has 0 spiro atoms. The number of nitrogens with two attached hydrogens (primary N) is 2. The van der Waals surface area contributed by atoms with Crippen molar-refractivity contribution in [1.82, 2.24) is 4.90 Å². The molecule has 2 atom stereocenters. The van der Waals surface area contributed by atoms with Crippen molar-refractivity contribution in [3.63, 3.8) is 0 Å². The molecule has 8 nitrogen and oxygen atoms in total. The molecule has 0 rings (SSSR count). The first kappa shape index (κ1) is 24.2. The molecule has 0 aliphatic rings. The van der Waals surface area contributed by atoms with E-state index in [0.29, 0.717) is 25.8 Å². The van der Waals surface area contributed by atoms with Crippen molar-refractivity contribution in [1.29, 1.82) is 0 Å². The first-order chi connectivity index (χ1) is 11.8. The number of carbonyl (C=O) groups excluding carboxylic acids is 1. The van der Waals surface area contributed by atoms with Gasteiger partial charge in [0.15, 0.2) is 0 Å². The average Bonchev–Trinajstić information content (AvgIpc) is 2.52. The molecule has 7 N–H and O–H groups in total. The first-order valence-corrected chi connectivity index (χ1v) is 10.0. The van der Waals surface area contributed by atoms with Crippen molar-refractivity contribution in [2.45, 2.75) is 44.5 Å². The van der Waals surface area contributed by atoms with Crippen molar-refractivity contribution in [2.24, 2.45) is 17.4 Å². The van der Waals surface area contributed by atoms with E-state index >= 15 is 0 Å². The smallest absolute Gasteiger partial charge is 0.451 e. The van der Waals surface area contributed by atoms with Crippen LogP contribution in [0.3, 0.4) is 0 Å². The second-order valence-electron chi connectivity index (χ2n) is 6.19. The highest BCUT2D eigenvalue weighted by molar-refractivity contribution is 7.98. The van der Waals surface area contributed by atoms with E-state index < -0.39 is 19.1 Å². The van der Waals surface area contributed by atoms with Crippen LogP contribution in [0, 0.1) is 5.92 Å². The van der Waals surface area contributed by atoms with E-state index in [1.165, 1.54) is 0 Å². The molecule has 0 radical (unpaired) electrons. The highest BCUT2D eigenvalue weighted by atomic mass is 32.2. The van der Waals surface area contributed by atoms with E-state index in [1.807, 2.05) is 6.26 Å². The van der Waals surface area contributed by atoms with E-state index in [0.717, 1.165) is 12.2 Å². The lowest BCUT2D eigenvalue weighted by Crippen LogP contribution is -2.47. The standard InChI is InChI=1S/C15H32BN3O5S/c1-25-9-3-5-13(18)15(22)19(8-7-17)11-12(10-14(20)21)4-2-6-16(23)24/h12-13,23-24H,2-11,17-18H2,1H3,(H,20,21)/t12?,13-/m0/s1. The van der Waals surface area contributed by atoms with E-state index in [-0.39, 0.29) is 37.7 Å². The van der Waals surface area contributed by atoms with Crippen molar-refractivity contribution in [2.75, 3.05) is 31.6 Å². The van der Waals surface area contributed by atoms with Gasteiger partial charge in [-0.1, -0.05) is 6.42 Å². The van der Waals surface area contributed by atoms with E-state index in [9.17, 15) is 9.59 Å². The number of carbonyl (C=O) groups is 2. The van der Waals surface area contributed by atoms with E-state index in [4.69, 9.17) is 26.6 Å². The summed E-state index contributed by atoms with van der Waals surface area (Å²) in [5.41, 5.74) is 11.6. The summed E-state index contributed by atoms with van der Waals surface area (Å²) in [5.74, 6) is -0.489. The predicted molar refractivity (Wildman–Crippen MR) is 101 cm³/mol. The Morgan fingerprint density at radius 2 is 1.92 bits per heavy atom. The van der Waals surface area contributed by atoms with Gasteiger partial charge in [0.05, 0.1) is 6.04 Å². The van der Waals surface area contributed by atoms with E-state index in [2.05, 4.69) is 0 Å². The maximum Gasteiger partial charge on any atom is 0.451 e. The van der Waals surface area contributed by atoms with Gasteiger partial charge in [-0.3, -0.25) is 9.59 Å². The Morgan fingerprint density at radius 3 is 2.44 bits per heavy atom. The molecule has 0 aromatic carbocycles. The Kier molecular flexibility index (Phi) is 13.9. The van der Waals surface area contributed by atoms with Gasteiger partial charge in [0.25, 0.3) is 0 Å². The molecule has 0 saturated carbocycles. The predicted octanol–water partition coefficient (Wildman–Crippen LogP) is -0.412. The molecule has 0 heterocycles. The third-order valence-electron chi connectivity index (χ3n) is 3.91. The van der Waals surface area contributed by atoms with Crippen molar-refractivity contribution in [3.05, 3.63) is 0 Å². The quantitative estimate of drug-likeness (QED) is 0.191. The summed E-state index contributed by atoms with van der Waals surface area (Å²) in [5, 5.41) is 26.9. The second kappa shape index (κ2) is 14.4. The summed E-state index contributed by atoms with van der Waals surface area (Å²) in [4.78, 5) is 25.2. The molecule has 1 unspecified atom stereocenters. The van der Waals surface area contributed by atoms with Gasteiger partial charge >= 0.3 is 13.1 Å². The third-order valence-corrected chi connectivity index (χ3v) is 4.60. The minimum Gasteiger partial charge on any atom is -0.481 e. The molecule has 0 saturated heterocycles. The topological polar surface area (TPSA) is 150 Å². The van der Waals surface area contributed by atoms with Gasteiger partial charge in [0, 0.05) is 26.1 Å². The Labute approximate surface area is 154 Å². The fraction of sp³-hybridized carbons (Fsp3) is 0.867. The van der Waals surface area contributed by atoms with Gasteiger partial charge < -0.3 is 31.5 Å². The second-order valence-corrected chi connectivity index (χ2v) is 7.18. The normalized spacial score (nSPS) is 13.3. The number of amides is 1. The molecule has 1 amide bonds. The summed E-state index contributed by atoms with van der Waals surface area (Å²) >= 11 is 1.70. The van der Waals surface area contributed by atoms with E-state index in [1.54, 1.807) is 16.7 Å². The highest BCUT2D eigenvalue weighted by Gasteiger charge is 2.24. The largest absolute Gasteiger partial charge is 0.481 e. The summed E-state index contributed by atoms with van der Waals surface area (Å²) in [6.45, 7) is 0.867. The maximum absolute atomic E-state index is 12.5. The number of hydrogen-bond donors (Lipinski definition) is 5. The number of nitrogens with zero attached hydrogens (tertiary/aromatic N) is 1. The van der Waals surface area contributed by atoms with Gasteiger partial charge in [-0.2, -0.15) is 11.8 Å². The minimum absolute atomic E-state index is 0.0857. The molecule has 25 heavy (non-hydrogen) atoms. The molecule has 0 aliphatic heterocycles.